The van der Waals surface area contributed by atoms with Crippen molar-refractivity contribution in [2.75, 3.05) is 11.9 Å². The van der Waals surface area contributed by atoms with Crippen molar-refractivity contribution in [3.05, 3.63) is 59.2 Å². The molecular formula is C16H18N2S. The second kappa shape index (κ2) is 5.41. The molecule has 2 rings (SSSR count). The highest BCUT2D eigenvalue weighted by Gasteiger charge is 2.05. The van der Waals surface area contributed by atoms with Crippen LogP contribution < -0.4 is 10.6 Å². The summed E-state index contributed by atoms with van der Waals surface area (Å²) in [4.78, 5) is 2.59. The number of thiocarbonyl (C=S) groups is 1. The highest BCUT2D eigenvalue weighted by Crippen LogP contribution is 2.25. The highest BCUT2D eigenvalue weighted by atomic mass is 32.1. The average Bonchev–Trinajstić information content (AvgIpc) is 2.37. The predicted octanol–water partition coefficient (Wildman–Crippen LogP) is 3.71. The molecule has 0 spiro atoms. The quantitative estimate of drug-likeness (QED) is 0.862. The van der Waals surface area contributed by atoms with E-state index in [9.17, 15) is 0 Å². The first-order valence-corrected chi connectivity index (χ1v) is 6.60. The molecule has 3 heteroatoms. The smallest absolute Gasteiger partial charge is 0.103 e. The van der Waals surface area contributed by atoms with E-state index in [1.165, 1.54) is 16.8 Å². The lowest BCUT2D eigenvalue weighted by molar-refractivity contribution is 1.19. The summed E-state index contributed by atoms with van der Waals surface area (Å²) in [6.45, 7) is 4.22. The van der Waals surface area contributed by atoms with Crippen LogP contribution in [0, 0.1) is 13.8 Å². The summed E-state index contributed by atoms with van der Waals surface area (Å²) < 4.78 is 0. The summed E-state index contributed by atoms with van der Waals surface area (Å²) in [5.74, 6) is 0. The van der Waals surface area contributed by atoms with E-state index < -0.39 is 0 Å². The Hall–Kier alpha value is -1.87. The van der Waals surface area contributed by atoms with Crippen LogP contribution in [-0.4, -0.2) is 12.0 Å². The van der Waals surface area contributed by atoms with Crippen molar-refractivity contribution >= 4 is 28.6 Å². The van der Waals surface area contributed by atoms with E-state index in [1.807, 2.05) is 24.3 Å². The topological polar surface area (TPSA) is 29.3 Å². The minimum Gasteiger partial charge on any atom is -0.389 e. The van der Waals surface area contributed by atoms with Gasteiger partial charge in [-0.05, 0) is 61.4 Å². The second-order valence-electron chi connectivity index (χ2n) is 4.82. The highest BCUT2D eigenvalue weighted by molar-refractivity contribution is 7.80. The Labute approximate surface area is 119 Å². The minimum absolute atomic E-state index is 0.431. The average molecular weight is 270 g/mol. The van der Waals surface area contributed by atoms with Gasteiger partial charge < -0.3 is 10.6 Å². The van der Waals surface area contributed by atoms with E-state index in [2.05, 4.69) is 44.0 Å². The second-order valence-corrected chi connectivity index (χ2v) is 5.26. The van der Waals surface area contributed by atoms with Crippen molar-refractivity contribution in [2.45, 2.75) is 13.8 Å². The minimum atomic E-state index is 0.431. The van der Waals surface area contributed by atoms with Gasteiger partial charge in [-0.1, -0.05) is 18.3 Å². The molecular weight excluding hydrogens is 252 g/mol. The molecule has 2 aromatic carbocycles. The van der Waals surface area contributed by atoms with E-state index in [1.54, 1.807) is 0 Å². The SMILES string of the molecule is Cc1cc(C)cc(N(C)c2ccc(C(N)=S)cc2)c1. The number of hydrogen-bond donors (Lipinski definition) is 1. The number of rotatable bonds is 3. The lowest BCUT2D eigenvalue weighted by Crippen LogP contribution is -2.12. The van der Waals surface area contributed by atoms with Gasteiger partial charge in [0, 0.05) is 24.0 Å². The van der Waals surface area contributed by atoms with Crippen molar-refractivity contribution in [2.24, 2.45) is 5.73 Å². The number of anilines is 2. The van der Waals surface area contributed by atoms with Crippen molar-refractivity contribution in [1.29, 1.82) is 0 Å². The van der Waals surface area contributed by atoms with E-state index in [0.717, 1.165) is 11.3 Å². The first kappa shape index (κ1) is 13.6. The molecule has 2 nitrogen and oxygen atoms in total. The van der Waals surface area contributed by atoms with Crippen LogP contribution in [0.1, 0.15) is 16.7 Å². The van der Waals surface area contributed by atoms with Gasteiger partial charge in [0.15, 0.2) is 0 Å². The molecule has 0 aromatic heterocycles. The summed E-state index contributed by atoms with van der Waals surface area (Å²) in [7, 11) is 2.06. The molecule has 0 aliphatic carbocycles. The number of aryl methyl sites for hydroxylation is 2. The van der Waals surface area contributed by atoms with Gasteiger partial charge in [0.2, 0.25) is 0 Å². The van der Waals surface area contributed by atoms with Crippen molar-refractivity contribution < 1.29 is 0 Å². The third kappa shape index (κ3) is 3.12. The zero-order valence-corrected chi connectivity index (χ0v) is 12.3. The Morgan fingerprint density at radius 2 is 1.47 bits per heavy atom. The monoisotopic (exact) mass is 270 g/mol. The lowest BCUT2D eigenvalue weighted by Gasteiger charge is -2.21. The van der Waals surface area contributed by atoms with E-state index in [-0.39, 0.29) is 0 Å². The van der Waals surface area contributed by atoms with Gasteiger partial charge in [-0.25, -0.2) is 0 Å². The summed E-state index contributed by atoms with van der Waals surface area (Å²) in [5.41, 5.74) is 11.3. The third-order valence-corrected chi connectivity index (χ3v) is 3.37. The number of benzene rings is 2. The van der Waals surface area contributed by atoms with Crippen LogP contribution >= 0.6 is 12.2 Å². The van der Waals surface area contributed by atoms with Gasteiger partial charge in [0.1, 0.15) is 4.99 Å². The summed E-state index contributed by atoms with van der Waals surface area (Å²) in [5, 5.41) is 0. The molecule has 0 unspecified atom stereocenters. The van der Waals surface area contributed by atoms with Crippen LogP contribution in [0.4, 0.5) is 11.4 Å². The van der Waals surface area contributed by atoms with Crippen molar-refractivity contribution in [3.63, 3.8) is 0 Å². The fourth-order valence-corrected chi connectivity index (χ4v) is 2.28. The largest absolute Gasteiger partial charge is 0.389 e. The maximum atomic E-state index is 5.61. The van der Waals surface area contributed by atoms with Crippen molar-refractivity contribution in [3.8, 4) is 0 Å². The Balaban J connectivity index is 2.32. The van der Waals surface area contributed by atoms with E-state index in [4.69, 9.17) is 18.0 Å². The van der Waals surface area contributed by atoms with Gasteiger partial charge in [-0.2, -0.15) is 0 Å². The summed E-state index contributed by atoms with van der Waals surface area (Å²) in [6, 6.07) is 14.5. The Morgan fingerprint density at radius 1 is 0.947 bits per heavy atom. The van der Waals surface area contributed by atoms with Gasteiger partial charge in [0.25, 0.3) is 0 Å². The summed E-state index contributed by atoms with van der Waals surface area (Å²) in [6.07, 6.45) is 0. The van der Waals surface area contributed by atoms with Crippen LogP contribution in [0.15, 0.2) is 42.5 Å². The molecule has 2 aromatic rings. The summed E-state index contributed by atoms with van der Waals surface area (Å²) >= 11 is 4.96. The molecule has 0 saturated heterocycles. The van der Waals surface area contributed by atoms with Gasteiger partial charge >= 0.3 is 0 Å². The van der Waals surface area contributed by atoms with Crippen LogP contribution in [0.3, 0.4) is 0 Å². The molecule has 0 radical (unpaired) electrons. The van der Waals surface area contributed by atoms with E-state index in [0.29, 0.717) is 4.99 Å². The van der Waals surface area contributed by atoms with Gasteiger partial charge in [-0.3, -0.25) is 0 Å². The number of nitrogens with zero attached hydrogens (tertiary/aromatic N) is 1. The zero-order valence-electron chi connectivity index (χ0n) is 11.5. The molecule has 0 saturated carbocycles. The molecule has 2 N–H and O–H groups in total. The molecule has 0 bridgehead atoms. The van der Waals surface area contributed by atoms with Gasteiger partial charge in [-0.15, -0.1) is 0 Å². The Kier molecular flexibility index (Phi) is 3.86. The Morgan fingerprint density at radius 3 is 1.95 bits per heavy atom. The fraction of sp³-hybridized carbons (Fsp3) is 0.188. The molecule has 0 fully saturated rings. The maximum absolute atomic E-state index is 5.61. The van der Waals surface area contributed by atoms with E-state index >= 15 is 0 Å². The van der Waals surface area contributed by atoms with Crippen LogP contribution in [0.2, 0.25) is 0 Å². The molecule has 0 amide bonds. The lowest BCUT2D eigenvalue weighted by atomic mass is 10.1. The maximum Gasteiger partial charge on any atom is 0.103 e. The van der Waals surface area contributed by atoms with Crippen LogP contribution in [0.5, 0.6) is 0 Å². The van der Waals surface area contributed by atoms with Crippen LogP contribution in [0.25, 0.3) is 0 Å². The molecule has 98 valence electrons. The molecule has 0 atom stereocenters. The molecule has 0 heterocycles. The van der Waals surface area contributed by atoms with Gasteiger partial charge in [0.05, 0.1) is 0 Å². The predicted molar refractivity (Wildman–Crippen MR) is 86.3 cm³/mol. The zero-order chi connectivity index (χ0) is 14.0. The van der Waals surface area contributed by atoms with Crippen molar-refractivity contribution in [1.82, 2.24) is 0 Å². The molecule has 0 aliphatic heterocycles. The third-order valence-electron chi connectivity index (χ3n) is 3.13. The van der Waals surface area contributed by atoms with Crippen LogP contribution in [-0.2, 0) is 0 Å². The normalized spacial score (nSPS) is 10.3. The number of hydrogen-bond acceptors (Lipinski definition) is 2. The first-order valence-electron chi connectivity index (χ1n) is 6.19. The fourth-order valence-electron chi connectivity index (χ4n) is 2.14. The molecule has 19 heavy (non-hydrogen) atoms. The Bertz CT molecular complexity index is 582. The standard InChI is InChI=1S/C16H18N2S/c1-11-8-12(2)10-15(9-11)18(3)14-6-4-13(5-7-14)16(17)19/h4-10H,1-3H3,(H2,17,19). The number of nitrogens with two attached hydrogens (primary N) is 1. The molecule has 0 aliphatic rings. The first-order chi connectivity index (χ1) is 8.97.